The Labute approximate surface area is 149 Å². The van der Waals surface area contributed by atoms with Gasteiger partial charge in [-0.1, -0.05) is 10.4 Å². The number of aromatic nitrogens is 5. The van der Waals surface area contributed by atoms with Gasteiger partial charge in [-0.2, -0.15) is 0 Å². The molecular weight excluding hydrogens is 332 g/mol. The number of hydrogen-bond donors (Lipinski definition) is 0. The molecule has 4 heterocycles. The van der Waals surface area contributed by atoms with Gasteiger partial charge in [0, 0.05) is 49.2 Å². The molecule has 3 aromatic heterocycles. The molecule has 1 aliphatic heterocycles. The first-order valence-corrected chi connectivity index (χ1v) is 8.86. The van der Waals surface area contributed by atoms with E-state index in [4.69, 9.17) is 4.52 Å². The van der Waals surface area contributed by atoms with E-state index in [0.29, 0.717) is 30.5 Å². The van der Waals surface area contributed by atoms with Crippen molar-refractivity contribution in [2.24, 2.45) is 0 Å². The molecule has 2 aliphatic rings. The smallest absolute Gasteiger partial charge is 0.276 e. The molecule has 2 fully saturated rings. The molecule has 8 heteroatoms. The molecule has 1 saturated carbocycles. The summed E-state index contributed by atoms with van der Waals surface area (Å²) in [6, 6.07) is 5.53. The standard InChI is InChI=1S/C18H18N6O2/c25-18(15-8-17(26-21-15)13-2-1-6-19-9-13)23-7-5-14(10-23)24-11-16(20-22-24)12-3-4-12/h1-2,6,8-9,11-12,14H,3-5,7,10H2. The third-order valence-corrected chi connectivity index (χ3v) is 5.02. The SMILES string of the molecule is O=C(c1cc(-c2cccnc2)on1)N1CCC(n2cc(C3CC3)nn2)C1. The summed E-state index contributed by atoms with van der Waals surface area (Å²) in [4.78, 5) is 18.6. The van der Waals surface area contributed by atoms with Crippen molar-refractivity contribution in [3.63, 3.8) is 0 Å². The summed E-state index contributed by atoms with van der Waals surface area (Å²) in [5, 5.41) is 12.5. The van der Waals surface area contributed by atoms with E-state index in [9.17, 15) is 4.79 Å². The quantitative estimate of drug-likeness (QED) is 0.717. The van der Waals surface area contributed by atoms with Crippen LogP contribution in [0.1, 0.15) is 47.4 Å². The van der Waals surface area contributed by atoms with E-state index < -0.39 is 0 Å². The molecule has 3 aromatic rings. The van der Waals surface area contributed by atoms with Crippen LogP contribution in [0.15, 0.2) is 41.3 Å². The highest BCUT2D eigenvalue weighted by Crippen LogP contribution is 2.39. The van der Waals surface area contributed by atoms with Crippen LogP contribution < -0.4 is 0 Å². The van der Waals surface area contributed by atoms with E-state index in [-0.39, 0.29) is 11.9 Å². The van der Waals surface area contributed by atoms with Gasteiger partial charge in [0.25, 0.3) is 5.91 Å². The molecule has 132 valence electrons. The van der Waals surface area contributed by atoms with E-state index in [1.165, 1.54) is 12.8 Å². The Bertz CT molecular complexity index is 930. The number of likely N-dealkylation sites (tertiary alicyclic amines) is 1. The van der Waals surface area contributed by atoms with Crippen molar-refractivity contribution in [3.05, 3.63) is 48.2 Å². The van der Waals surface area contributed by atoms with Gasteiger partial charge in [-0.25, -0.2) is 4.68 Å². The molecule has 0 bridgehead atoms. The van der Waals surface area contributed by atoms with E-state index in [0.717, 1.165) is 17.7 Å². The van der Waals surface area contributed by atoms with Gasteiger partial charge in [-0.15, -0.1) is 5.10 Å². The fourth-order valence-corrected chi connectivity index (χ4v) is 3.36. The number of carbonyl (C=O) groups excluding carboxylic acids is 1. The van der Waals surface area contributed by atoms with Crippen LogP contribution in [0.4, 0.5) is 0 Å². The largest absolute Gasteiger partial charge is 0.355 e. The lowest BCUT2D eigenvalue weighted by Crippen LogP contribution is -2.29. The van der Waals surface area contributed by atoms with Crippen LogP contribution in [0.5, 0.6) is 0 Å². The van der Waals surface area contributed by atoms with Crippen molar-refractivity contribution < 1.29 is 9.32 Å². The number of amides is 1. The van der Waals surface area contributed by atoms with Crippen molar-refractivity contribution in [3.8, 4) is 11.3 Å². The molecule has 8 nitrogen and oxygen atoms in total. The third kappa shape index (κ3) is 2.77. The van der Waals surface area contributed by atoms with Crippen molar-refractivity contribution in [2.45, 2.75) is 31.2 Å². The first-order valence-electron chi connectivity index (χ1n) is 8.86. The Morgan fingerprint density at radius 1 is 1.27 bits per heavy atom. The Hall–Kier alpha value is -3.03. The van der Waals surface area contributed by atoms with E-state index in [1.54, 1.807) is 23.4 Å². The van der Waals surface area contributed by atoms with Crippen LogP contribution in [0.2, 0.25) is 0 Å². The van der Waals surface area contributed by atoms with Gasteiger partial charge in [-0.3, -0.25) is 9.78 Å². The monoisotopic (exact) mass is 350 g/mol. The van der Waals surface area contributed by atoms with Gasteiger partial charge >= 0.3 is 0 Å². The van der Waals surface area contributed by atoms with Crippen LogP contribution >= 0.6 is 0 Å². The second-order valence-electron chi connectivity index (χ2n) is 6.91. The Kier molecular flexibility index (Phi) is 3.55. The molecule has 0 radical (unpaired) electrons. The van der Waals surface area contributed by atoms with Gasteiger partial charge in [0.05, 0.1) is 11.7 Å². The molecule has 26 heavy (non-hydrogen) atoms. The summed E-state index contributed by atoms with van der Waals surface area (Å²) in [7, 11) is 0. The second kappa shape index (κ2) is 6.05. The number of hydrogen-bond acceptors (Lipinski definition) is 6. The Morgan fingerprint density at radius 3 is 3.00 bits per heavy atom. The fraction of sp³-hybridized carbons (Fsp3) is 0.389. The predicted molar refractivity (Wildman–Crippen MR) is 91.3 cm³/mol. The zero-order valence-corrected chi connectivity index (χ0v) is 14.2. The van der Waals surface area contributed by atoms with Crippen molar-refractivity contribution >= 4 is 5.91 Å². The van der Waals surface area contributed by atoms with E-state index >= 15 is 0 Å². The molecule has 1 atom stereocenters. The number of carbonyl (C=O) groups is 1. The molecule has 0 N–H and O–H groups in total. The summed E-state index contributed by atoms with van der Waals surface area (Å²) in [5.74, 6) is 1.01. The normalized spacial score (nSPS) is 19.8. The average Bonchev–Trinajstić information content (AvgIpc) is 3.12. The highest BCUT2D eigenvalue weighted by molar-refractivity contribution is 5.93. The van der Waals surface area contributed by atoms with E-state index in [2.05, 4.69) is 20.5 Å². The highest BCUT2D eigenvalue weighted by atomic mass is 16.5. The lowest BCUT2D eigenvalue weighted by molar-refractivity contribution is 0.0776. The molecule has 0 spiro atoms. The zero-order chi connectivity index (χ0) is 17.5. The molecule has 1 unspecified atom stereocenters. The molecular formula is C18H18N6O2. The van der Waals surface area contributed by atoms with Gasteiger partial charge in [0.2, 0.25) is 0 Å². The molecule has 1 aliphatic carbocycles. The molecule has 1 amide bonds. The van der Waals surface area contributed by atoms with Crippen LogP contribution in [0.25, 0.3) is 11.3 Å². The predicted octanol–water partition coefficient (Wildman–Crippen LogP) is 2.29. The number of pyridine rings is 1. The Morgan fingerprint density at radius 2 is 2.19 bits per heavy atom. The van der Waals surface area contributed by atoms with Crippen LogP contribution in [0.3, 0.4) is 0 Å². The van der Waals surface area contributed by atoms with Gasteiger partial charge in [-0.05, 0) is 31.4 Å². The minimum Gasteiger partial charge on any atom is -0.355 e. The average molecular weight is 350 g/mol. The molecule has 1 saturated heterocycles. The summed E-state index contributed by atoms with van der Waals surface area (Å²) < 4.78 is 7.22. The highest BCUT2D eigenvalue weighted by Gasteiger charge is 2.32. The maximum atomic E-state index is 12.7. The van der Waals surface area contributed by atoms with Crippen LogP contribution in [-0.4, -0.2) is 49.0 Å². The molecule has 0 aromatic carbocycles. The third-order valence-electron chi connectivity index (χ3n) is 5.02. The summed E-state index contributed by atoms with van der Waals surface area (Å²) in [6.45, 7) is 1.29. The van der Waals surface area contributed by atoms with Gasteiger partial charge < -0.3 is 9.42 Å². The maximum absolute atomic E-state index is 12.7. The lowest BCUT2D eigenvalue weighted by Gasteiger charge is -2.14. The molecule has 5 rings (SSSR count). The summed E-state index contributed by atoms with van der Waals surface area (Å²) in [5.41, 5.74) is 2.20. The number of rotatable bonds is 4. The van der Waals surface area contributed by atoms with Gasteiger partial charge in [0.15, 0.2) is 11.5 Å². The maximum Gasteiger partial charge on any atom is 0.276 e. The Balaban J connectivity index is 1.28. The summed E-state index contributed by atoms with van der Waals surface area (Å²) >= 11 is 0. The zero-order valence-electron chi connectivity index (χ0n) is 14.2. The van der Waals surface area contributed by atoms with Gasteiger partial charge in [0.1, 0.15) is 0 Å². The van der Waals surface area contributed by atoms with Crippen LogP contribution in [-0.2, 0) is 0 Å². The first kappa shape index (κ1) is 15.2. The van der Waals surface area contributed by atoms with Crippen molar-refractivity contribution in [1.29, 1.82) is 0 Å². The second-order valence-corrected chi connectivity index (χ2v) is 6.91. The fourth-order valence-electron chi connectivity index (χ4n) is 3.36. The summed E-state index contributed by atoms with van der Waals surface area (Å²) in [6.07, 6.45) is 8.69. The lowest BCUT2D eigenvalue weighted by atomic mass is 10.2. The van der Waals surface area contributed by atoms with Crippen molar-refractivity contribution in [1.82, 2.24) is 30.0 Å². The minimum absolute atomic E-state index is 0.117. The van der Waals surface area contributed by atoms with Crippen molar-refractivity contribution in [2.75, 3.05) is 13.1 Å². The number of nitrogens with zero attached hydrogens (tertiary/aromatic N) is 6. The minimum atomic E-state index is -0.117. The first-order chi connectivity index (χ1) is 12.8. The van der Waals surface area contributed by atoms with Crippen LogP contribution in [0, 0.1) is 0 Å². The topological polar surface area (TPSA) is 89.9 Å². The van der Waals surface area contributed by atoms with E-state index in [1.807, 2.05) is 23.0 Å².